The predicted molar refractivity (Wildman–Crippen MR) is 100 cm³/mol. The molecule has 144 valence electrons. The van der Waals surface area contributed by atoms with Crippen molar-refractivity contribution in [2.75, 3.05) is 0 Å². The summed E-state index contributed by atoms with van der Waals surface area (Å²) in [7, 11) is 0. The highest BCUT2D eigenvalue weighted by Crippen LogP contribution is 2.58. The van der Waals surface area contributed by atoms with E-state index in [-0.39, 0.29) is 23.1 Å². The van der Waals surface area contributed by atoms with Gasteiger partial charge in [0.05, 0.1) is 22.7 Å². The van der Waals surface area contributed by atoms with E-state index in [1.807, 2.05) is 12.1 Å². The second-order valence-corrected chi connectivity index (χ2v) is 8.35. The zero-order valence-corrected chi connectivity index (χ0v) is 16.6. The Morgan fingerprint density at radius 2 is 2.00 bits per heavy atom. The first-order valence-electron chi connectivity index (χ1n) is 8.38. The van der Waals surface area contributed by atoms with Crippen molar-refractivity contribution in [3.05, 3.63) is 49.9 Å². The van der Waals surface area contributed by atoms with Crippen LogP contribution in [0.15, 0.2) is 18.2 Å². The Morgan fingerprint density at radius 1 is 1.32 bits per heavy atom. The average molecular weight is 421 g/mol. The third-order valence-corrected chi connectivity index (χ3v) is 6.53. The lowest BCUT2D eigenvalue weighted by atomic mass is 9.80. The van der Waals surface area contributed by atoms with Gasteiger partial charge in [-0.3, -0.25) is 4.79 Å². The summed E-state index contributed by atoms with van der Waals surface area (Å²) in [5, 5.41) is 21.4. The van der Waals surface area contributed by atoms with Gasteiger partial charge in [-0.1, -0.05) is 17.7 Å². The van der Waals surface area contributed by atoms with Crippen molar-refractivity contribution in [1.82, 2.24) is 10.3 Å². The molecule has 0 spiro atoms. The molecule has 9 heteroatoms. The molecule has 1 heterocycles. The lowest BCUT2D eigenvalue weighted by Crippen LogP contribution is -2.49. The van der Waals surface area contributed by atoms with Crippen molar-refractivity contribution in [2.24, 2.45) is 0 Å². The van der Waals surface area contributed by atoms with Crippen LogP contribution in [0.5, 0.6) is 0 Å². The fourth-order valence-corrected chi connectivity index (χ4v) is 5.03. The molecule has 5 nitrogen and oxygen atoms in total. The average Bonchev–Trinajstić information content (AvgIpc) is 3.11. The van der Waals surface area contributed by atoms with Gasteiger partial charge in [0, 0.05) is 13.3 Å². The maximum absolute atomic E-state index is 15.1. The SMILES string of the molecule is CC(=O)NC1(c2nc(C)c(Cl)s2)CCC(F)(F)C1c1ccc(C#N)c(C#N)c1. The fraction of sp³-hybridized carbons (Fsp3) is 0.368. The molecule has 3 rings (SSSR count). The number of alkyl halides is 2. The van der Waals surface area contributed by atoms with Gasteiger partial charge < -0.3 is 5.32 Å². The van der Waals surface area contributed by atoms with E-state index < -0.39 is 29.7 Å². The van der Waals surface area contributed by atoms with Crippen LogP contribution in [0.25, 0.3) is 0 Å². The summed E-state index contributed by atoms with van der Waals surface area (Å²) in [6.45, 7) is 2.93. The maximum Gasteiger partial charge on any atom is 0.257 e. The van der Waals surface area contributed by atoms with Gasteiger partial charge in [0.1, 0.15) is 27.0 Å². The second kappa shape index (κ2) is 7.12. The van der Waals surface area contributed by atoms with E-state index in [1.165, 1.54) is 25.1 Å². The van der Waals surface area contributed by atoms with Gasteiger partial charge in [0.25, 0.3) is 5.92 Å². The summed E-state index contributed by atoms with van der Waals surface area (Å²) in [6, 6.07) is 7.79. The van der Waals surface area contributed by atoms with E-state index in [2.05, 4.69) is 10.3 Å². The normalized spacial score (nSPS) is 23.0. The van der Waals surface area contributed by atoms with Gasteiger partial charge in [0.15, 0.2) is 0 Å². The number of aryl methyl sites for hydroxylation is 1. The topological polar surface area (TPSA) is 89.6 Å². The largest absolute Gasteiger partial charge is 0.344 e. The van der Waals surface area contributed by atoms with Crippen molar-refractivity contribution in [3.63, 3.8) is 0 Å². The monoisotopic (exact) mass is 420 g/mol. The van der Waals surface area contributed by atoms with Crippen LogP contribution in [-0.4, -0.2) is 16.8 Å². The zero-order valence-electron chi connectivity index (χ0n) is 15.0. The summed E-state index contributed by atoms with van der Waals surface area (Å²) in [5.41, 5.74) is -0.689. The van der Waals surface area contributed by atoms with Crippen molar-refractivity contribution in [3.8, 4) is 12.1 Å². The summed E-state index contributed by atoms with van der Waals surface area (Å²) >= 11 is 7.19. The molecule has 1 aliphatic carbocycles. The maximum atomic E-state index is 15.1. The number of hydrogen-bond donors (Lipinski definition) is 1. The quantitative estimate of drug-likeness (QED) is 0.797. The number of aromatic nitrogens is 1. The van der Waals surface area contributed by atoms with E-state index in [0.717, 1.165) is 11.3 Å². The van der Waals surface area contributed by atoms with Crippen LogP contribution in [0.4, 0.5) is 8.78 Å². The van der Waals surface area contributed by atoms with E-state index in [0.29, 0.717) is 15.0 Å². The first kappa shape index (κ1) is 20.2. The molecule has 0 radical (unpaired) electrons. The molecular formula is C19H15ClF2N4OS. The number of benzene rings is 1. The Bertz CT molecular complexity index is 1020. The summed E-state index contributed by atoms with van der Waals surface area (Å²) in [6.07, 6.45) is -0.495. The first-order chi connectivity index (χ1) is 13.1. The lowest BCUT2D eigenvalue weighted by molar-refractivity contribution is -0.121. The summed E-state index contributed by atoms with van der Waals surface area (Å²) in [5.74, 6) is -5.08. The van der Waals surface area contributed by atoms with Crippen molar-refractivity contribution in [1.29, 1.82) is 10.5 Å². The Morgan fingerprint density at radius 3 is 2.54 bits per heavy atom. The molecule has 0 aliphatic heterocycles. The van der Waals surface area contributed by atoms with Crippen LogP contribution in [0.1, 0.15) is 53.1 Å². The van der Waals surface area contributed by atoms with Crippen LogP contribution in [0.2, 0.25) is 4.34 Å². The number of rotatable bonds is 3. The molecule has 1 fully saturated rings. The Labute approximate surface area is 169 Å². The van der Waals surface area contributed by atoms with Gasteiger partial charge >= 0.3 is 0 Å². The highest BCUT2D eigenvalue weighted by atomic mass is 35.5. The molecule has 0 bridgehead atoms. The lowest BCUT2D eigenvalue weighted by Gasteiger charge is -2.36. The molecule has 2 aromatic rings. The van der Waals surface area contributed by atoms with Gasteiger partial charge in [-0.2, -0.15) is 10.5 Å². The molecule has 1 aromatic heterocycles. The molecular weight excluding hydrogens is 406 g/mol. The van der Waals surface area contributed by atoms with Crippen LogP contribution in [0.3, 0.4) is 0 Å². The number of amides is 1. The highest BCUT2D eigenvalue weighted by Gasteiger charge is 2.62. The number of thiazole rings is 1. The molecule has 1 amide bonds. The summed E-state index contributed by atoms with van der Waals surface area (Å²) < 4.78 is 30.6. The molecule has 28 heavy (non-hydrogen) atoms. The molecule has 1 aliphatic rings. The van der Waals surface area contributed by atoms with E-state index in [9.17, 15) is 10.1 Å². The molecule has 2 unspecified atom stereocenters. The van der Waals surface area contributed by atoms with Crippen molar-refractivity contribution < 1.29 is 13.6 Å². The molecule has 1 saturated carbocycles. The van der Waals surface area contributed by atoms with E-state index in [1.54, 1.807) is 6.92 Å². The second-order valence-electron chi connectivity index (χ2n) is 6.75. The Hall–Kier alpha value is -2.55. The molecule has 0 saturated heterocycles. The third kappa shape index (κ3) is 3.23. The Balaban J connectivity index is 2.26. The zero-order chi connectivity index (χ0) is 20.7. The predicted octanol–water partition coefficient (Wildman–Crippen LogP) is 4.39. The number of carbonyl (C=O) groups excluding carboxylic acids is 1. The third-order valence-electron chi connectivity index (χ3n) is 4.91. The number of nitrogens with zero attached hydrogens (tertiary/aromatic N) is 3. The fourth-order valence-electron chi connectivity index (χ4n) is 3.77. The van der Waals surface area contributed by atoms with Crippen LogP contribution in [-0.2, 0) is 10.3 Å². The van der Waals surface area contributed by atoms with Gasteiger partial charge in [0.2, 0.25) is 5.91 Å². The first-order valence-corrected chi connectivity index (χ1v) is 9.58. The number of carbonyl (C=O) groups is 1. The van der Waals surface area contributed by atoms with E-state index in [4.69, 9.17) is 16.9 Å². The minimum Gasteiger partial charge on any atom is -0.344 e. The molecule has 1 aromatic carbocycles. The minimum atomic E-state index is -3.16. The minimum absolute atomic E-state index is 0.00720. The Kier molecular flexibility index (Phi) is 5.14. The van der Waals surface area contributed by atoms with Crippen LogP contribution in [0, 0.1) is 29.6 Å². The van der Waals surface area contributed by atoms with Crippen molar-refractivity contribution in [2.45, 2.75) is 44.1 Å². The van der Waals surface area contributed by atoms with Gasteiger partial charge in [-0.15, -0.1) is 11.3 Å². The standard InChI is InChI=1S/C19H15ClF2N4OS/c1-10-16(20)28-17(25-10)18(26-11(2)27)5-6-19(21,22)15(18)12-3-4-13(8-23)14(7-12)9-24/h3-4,7,15H,5-6H2,1-2H3,(H,26,27). The van der Waals surface area contributed by atoms with E-state index >= 15 is 8.78 Å². The number of hydrogen-bond acceptors (Lipinski definition) is 5. The molecule has 1 N–H and O–H groups in total. The number of nitriles is 2. The van der Waals surface area contributed by atoms with Crippen molar-refractivity contribution >= 4 is 28.8 Å². The van der Waals surface area contributed by atoms with Gasteiger partial charge in [-0.05, 0) is 31.0 Å². The van der Waals surface area contributed by atoms with Crippen LogP contribution >= 0.6 is 22.9 Å². The van der Waals surface area contributed by atoms with Gasteiger partial charge in [-0.25, -0.2) is 13.8 Å². The van der Waals surface area contributed by atoms with Crippen LogP contribution < -0.4 is 5.32 Å². The molecule has 2 atom stereocenters. The highest BCUT2D eigenvalue weighted by molar-refractivity contribution is 7.16. The number of halogens is 3. The summed E-state index contributed by atoms with van der Waals surface area (Å²) in [4.78, 5) is 16.3. The smallest absolute Gasteiger partial charge is 0.257 e. The number of nitrogens with one attached hydrogen (secondary N) is 1.